The van der Waals surface area contributed by atoms with E-state index in [1.165, 1.54) is 37.2 Å². The zero-order valence-corrected chi connectivity index (χ0v) is 15.7. The number of hydrogen-bond acceptors (Lipinski definition) is 6. The maximum atomic E-state index is 12.5. The molecule has 2 fully saturated rings. The molecule has 1 saturated carbocycles. The standard InChI is InChI=1S/C19H24N4O2S/c24-17(23-12-10-22(11-13-23)16-8-4-5-9-16)14-25-19-18(20-21-26-19)15-6-2-1-3-7-15/h1-3,6-7,16H,4-5,8-14H2. The quantitative estimate of drug-likeness (QED) is 0.808. The minimum absolute atomic E-state index is 0.0449. The highest BCUT2D eigenvalue weighted by Gasteiger charge is 2.28. The number of aromatic nitrogens is 2. The van der Waals surface area contributed by atoms with Crippen molar-refractivity contribution in [2.24, 2.45) is 0 Å². The van der Waals surface area contributed by atoms with E-state index < -0.39 is 0 Å². The normalized spacial score (nSPS) is 19.0. The van der Waals surface area contributed by atoms with Gasteiger partial charge in [0.25, 0.3) is 5.91 Å². The predicted molar refractivity (Wildman–Crippen MR) is 101 cm³/mol. The molecule has 0 spiro atoms. The van der Waals surface area contributed by atoms with Gasteiger partial charge >= 0.3 is 0 Å². The Morgan fingerprint density at radius 1 is 1.12 bits per heavy atom. The summed E-state index contributed by atoms with van der Waals surface area (Å²) >= 11 is 1.19. The van der Waals surface area contributed by atoms with Crippen LogP contribution in [0.3, 0.4) is 0 Å². The zero-order chi connectivity index (χ0) is 17.8. The Bertz CT molecular complexity index is 722. The molecule has 2 heterocycles. The summed E-state index contributed by atoms with van der Waals surface area (Å²) in [6.07, 6.45) is 5.34. The van der Waals surface area contributed by atoms with Crippen molar-refractivity contribution in [1.82, 2.24) is 19.4 Å². The van der Waals surface area contributed by atoms with Gasteiger partial charge in [-0.25, -0.2) is 0 Å². The number of nitrogens with zero attached hydrogens (tertiary/aromatic N) is 4. The summed E-state index contributed by atoms with van der Waals surface area (Å²) in [6, 6.07) is 10.5. The van der Waals surface area contributed by atoms with Gasteiger partial charge in [0, 0.05) is 49.3 Å². The summed E-state index contributed by atoms with van der Waals surface area (Å²) in [5, 5.41) is 4.75. The van der Waals surface area contributed by atoms with Crippen LogP contribution in [0.15, 0.2) is 30.3 Å². The number of carbonyl (C=O) groups is 1. The van der Waals surface area contributed by atoms with E-state index in [0.717, 1.165) is 37.8 Å². The van der Waals surface area contributed by atoms with Crippen LogP contribution in [0.2, 0.25) is 0 Å². The summed E-state index contributed by atoms with van der Waals surface area (Å²) in [5.41, 5.74) is 1.66. The number of rotatable bonds is 5. The minimum Gasteiger partial charge on any atom is -0.471 e. The molecule has 138 valence electrons. The van der Waals surface area contributed by atoms with Crippen LogP contribution in [0.4, 0.5) is 0 Å². The van der Waals surface area contributed by atoms with Crippen LogP contribution >= 0.6 is 11.5 Å². The fraction of sp³-hybridized carbons (Fsp3) is 0.526. The minimum atomic E-state index is 0.0449. The van der Waals surface area contributed by atoms with Crippen LogP contribution in [0.25, 0.3) is 11.3 Å². The SMILES string of the molecule is O=C(COc1snnc1-c1ccccc1)N1CCN(C2CCCC2)CC1. The Hall–Kier alpha value is -1.99. The maximum Gasteiger partial charge on any atom is 0.260 e. The lowest BCUT2D eigenvalue weighted by atomic mass is 10.2. The average Bonchev–Trinajstić information content (AvgIpc) is 3.39. The molecule has 2 aromatic rings. The monoisotopic (exact) mass is 372 g/mol. The van der Waals surface area contributed by atoms with E-state index in [4.69, 9.17) is 4.74 Å². The van der Waals surface area contributed by atoms with Gasteiger partial charge in [-0.3, -0.25) is 9.69 Å². The Morgan fingerprint density at radius 2 is 1.85 bits per heavy atom. The molecule has 7 heteroatoms. The van der Waals surface area contributed by atoms with Crippen LogP contribution in [-0.4, -0.2) is 64.1 Å². The maximum absolute atomic E-state index is 12.5. The van der Waals surface area contributed by atoms with Crippen LogP contribution in [0.5, 0.6) is 5.06 Å². The molecule has 0 atom stereocenters. The third-order valence-electron chi connectivity index (χ3n) is 5.34. The molecule has 0 radical (unpaired) electrons. The predicted octanol–water partition coefficient (Wildman–Crippen LogP) is 2.67. The molecule has 1 aliphatic carbocycles. The Kier molecular flexibility index (Phi) is 5.45. The molecule has 4 rings (SSSR count). The third-order valence-corrected chi connectivity index (χ3v) is 5.98. The van der Waals surface area contributed by atoms with Crippen LogP contribution in [0.1, 0.15) is 25.7 Å². The Balaban J connectivity index is 1.29. The summed E-state index contributed by atoms with van der Waals surface area (Å²) in [4.78, 5) is 17.0. The topological polar surface area (TPSA) is 58.6 Å². The van der Waals surface area contributed by atoms with Gasteiger partial charge in [0.05, 0.1) is 0 Å². The molecule has 26 heavy (non-hydrogen) atoms. The van der Waals surface area contributed by atoms with E-state index in [9.17, 15) is 4.79 Å². The summed E-state index contributed by atoms with van der Waals surface area (Å²) in [6.45, 7) is 3.60. The first kappa shape index (κ1) is 17.4. The number of carbonyl (C=O) groups excluding carboxylic acids is 1. The Labute approximate surface area is 157 Å². The Morgan fingerprint density at radius 3 is 2.58 bits per heavy atom. The van der Waals surface area contributed by atoms with Crippen molar-refractivity contribution < 1.29 is 9.53 Å². The lowest BCUT2D eigenvalue weighted by molar-refractivity contribution is -0.135. The average molecular weight is 372 g/mol. The molecule has 1 saturated heterocycles. The van der Waals surface area contributed by atoms with E-state index in [1.54, 1.807) is 0 Å². The van der Waals surface area contributed by atoms with Crippen LogP contribution < -0.4 is 4.74 Å². The lowest BCUT2D eigenvalue weighted by Crippen LogP contribution is -2.52. The molecule has 1 amide bonds. The van der Waals surface area contributed by atoms with E-state index in [0.29, 0.717) is 10.8 Å². The van der Waals surface area contributed by atoms with E-state index in [2.05, 4.69) is 14.5 Å². The fourth-order valence-electron chi connectivity index (χ4n) is 3.87. The largest absolute Gasteiger partial charge is 0.471 e. The molecular weight excluding hydrogens is 348 g/mol. The molecule has 6 nitrogen and oxygen atoms in total. The van der Waals surface area contributed by atoms with E-state index in [-0.39, 0.29) is 12.5 Å². The molecule has 0 unspecified atom stereocenters. The van der Waals surface area contributed by atoms with Gasteiger partial charge in [-0.2, -0.15) is 0 Å². The number of benzene rings is 1. The van der Waals surface area contributed by atoms with Crippen molar-refractivity contribution in [3.8, 4) is 16.3 Å². The highest BCUT2D eigenvalue weighted by atomic mass is 32.1. The number of piperazine rings is 1. The van der Waals surface area contributed by atoms with Crippen LogP contribution in [0, 0.1) is 0 Å². The molecule has 0 N–H and O–H groups in total. The zero-order valence-electron chi connectivity index (χ0n) is 14.8. The number of ether oxygens (including phenoxy) is 1. The van der Waals surface area contributed by atoms with Gasteiger partial charge in [0.15, 0.2) is 6.61 Å². The van der Waals surface area contributed by atoms with Crippen molar-refractivity contribution in [3.63, 3.8) is 0 Å². The first-order valence-corrected chi connectivity index (χ1v) is 10.1. The molecule has 1 aromatic carbocycles. The smallest absolute Gasteiger partial charge is 0.260 e. The first-order valence-electron chi connectivity index (χ1n) is 9.33. The van der Waals surface area contributed by atoms with Crippen molar-refractivity contribution >= 4 is 17.4 Å². The molecule has 1 aliphatic heterocycles. The van der Waals surface area contributed by atoms with Gasteiger partial charge < -0.3 is 9.64 Å². The lowest BCUT2D eigenvalue weighted by Gasteiger charge is -2.38. The highest BCUT2D eigenvalue weighted by Crippen LogP contribution is 2.30. The molecule has 1 aromatic heterocycles. The van der Waals surface area contributed by atoms with E-state index >= 15 is 0 Å². The molecular formula is C19H24N4O2S. The second-order valence-corrected chi connectivity index (χ2v) is 7.64. The number of hydrogen-bond donors (Lipinski definition) is 0. The summed E-state index contributed by atoms with van der Waals surface area (Å²) < 4.78 is 9.74. The van der Waals surface area contributed by atoms with Gasteiger partial charge in [0.1, 0.15) is 5.69 Å². The van der Waals surface area contributed by atoms with Gasteiger partial charge in [-0.05, 0) is 12.8 Å². The van der Waals surface area contributed by atoms with Gasteiger partial charge in [-0.15, -0.1) is 5.10 Å². The van der Waals surface area contributed by atoms with Crippen molar-refractivity contribution in [2.75, 3.05) is 32.8 Å². The second kappa shape index (κ2) is 8.14. The fourth-order valence-corrected chi connectivity index (χ4v) is 4.43. The molecule has 0 bridgehead atoms. The second-order valence-electron chi connectivity index (χ2n) is 6.92. The number of amides is 1. The van der Waals surface area contributed by atoms with Gasteiger partial charge in [0.2, 0.25) is 5.06 Å². The van der Waals surface area contributed by atoms with Crippen LogP contribution in [-0.2, 0) is 4.79 Å². The van der Waals surface area contributed by atoms with Crippen molar-refractivity contribution in [3.05, 3.63) is 30.3 Å². The van der Waals surface area contributed by atoms with Gasteiger partial charge in [-0.1, -0.05) is 47.7 Å². The third kappa shape index (κ3) is 3.88. The van der Waals surface area contributed by atoms with E-state index in [1.807, 2.05) is 35.2 Å². The van der Waals surface area contributed by atoms with Crippen molar-refractivity contribution in [1.29, 1.82) is 0 Å². The first-order chi connectivity index (χ1) is 12.8. The summed E-state index contributed by atoms with van der Waals surface area (Å²) in [7, 11) is 0. The summed E-state index contributed by atoms with van der Waals surface area (Å²) in [5.74, 6) is 0.0449. The van der Waals surface area contributed by atoms with Crippen molar-refractivity contribution in [2.45, 2.75) is 31.7 Å². The molecule has 2 aliphatic rings. The highest BCUT2D eigenvalue weighted by molar-refractivity contribution is 7.08.